The van der Waals surface area contributed by atoms with Crippen molar-refractivity contribution in [1.82, 2.24) is 30.2 Å². The first kappa shape index (κ1) is 24.0. The molecule has 4 heterocycles. The van der Waals surface area contributed by atoms with Crippen LogP contribution < -0.4 is 25.9 Å². The van der Waals surface area contributed by atoms with Crippen LogP contribution in [0.3, 0.4) is 0 Å². The van der Waals surface area contributed by atoms with Crippen molar-refractivity contribution >= 4 is 28.6 Å². The van der Waals surface area contributed by atoms with Gasteiger partial charge in [0, 0.05) is 19.2 Å². The molecule has 3 N–H and O–H groups in total. The van der Waals surface area contributed by atoms with Crippen LogP contribution in [0.2, 0.25) is 0 Å². The number of carbonyl (C=O) groups is 2. The van der Waals surface area contributed by atoms with Gasteiger partial charge in [-0.25, -0.2) is 18.7 Å². The van der Waals surface area contributed by atoms with Gasteiger partial charge in [0.15, 0.2) is 28.5 Å². The zero-order valence-corrected chi connectivity index (χ0v) is 19.5. The summed E-state index contributed by atoms with van der Waals surface area (Å²) in [6, 6.07) is 9.97. The number of carbonyl (C=O) groups excluding carboxylic acids is 2. The van der Waals surface area contributed by atoms with Crippen molar-refractivity contribution in [3.05, 3.63) is 87.5 Å². The van der Waals surface area contributed by atoms with Crippen LogP contribution in [0, 0.1) is 5.82 Å². The number of aromatic amines is 1. The Morgan fingerprint density at radius 3 is 2.51 bits per heavy atom. The second-order valence-corrected chi connectivity index (χ2v) is 8.41. The second-order valence-electron chi connectivity index (χ2n) is 8.41. The van der Waals surface area contributed by atoms with Crippen molar-refractivity contribution < 1.29 is 36.7 Å². The fraction of sp³-hybridized carbons (Fsp3) is 0.125. The van der Waals surface area contributed by atoms with E-state index in [0.29, 0.717) is 22.2 Å². The number of ether oxygens (including phenoxy) is 2. The van der Waals surface area contributed by atoms with Crippen LogP contribution in [0.25, 0.3) is 16.7 Å². The van der Waals surface area contributed by atoms with E-state index >= 15 is 0 Å². The first-order valence-electron chi connectivity index (χ1n) is 11.3. The fourth-order valence-electron chi connectivity index (χ4n) is 3.97. The topological polar surface area (TPSA) is 153 Å². The zero-order valence-electron chi connectivity index (χ0n) is 19.5. The molecule has 0 fully saturated rings. The van der Waals surface area contributed by atoms with Crippen molar-refractivity contribution in [2.24, 2.45) is 0 Å². The molecular weight excluding hydrogens is 525 g/mol. The van der Waals surface area contributed by atoms with Gasteiger partial charge >= 0.3 is 12.1 Å². The van der Waals surface area contributed by atoms with Gasteiger partial charge in [0.2, 0.25) is 0 Å². The van der Waals surface area contributed by atoms with Crippen LogP contribution >= 0.6 is 0 Å². The van der Waals surface area contributed by atoms with Gasteiger partial charge in [-0.3, -0.25) is 14.6 Å². The van der Waals surface area contributed by atoms with Gasteiger partial charge in [-0.05, 0) is 35.4 Å². The van der Waals surface area contributed by atoms with E-state index in [4.69, 9.17) is 4.42 Å². The molecule has 5 aromatic rings. The molecule has 0 saturated carbocycles. The Hall–Kier alpha value is -5.34. The van der Waals surface area contributed by atoms with Crippen molar-refractivity contribution in [2.75, 3.05) is 0 Å². The molecule has 39 heavy (non-hydrogen) atoms. The molecule has 1 aliphatic rings. The van der Waals surface area contributed by atoms with Gasteiger partial charge < -0.3 is 24.5 Å². The molecule has 0 bridgehead atoms. The molecule has 3 aromatic heterocycles. The maximum atomic E-state index is 14.3. The predicted molar refractivity (Wildman–Crippen MR) is 125 cm³/mol. The molecule has 198 valence electrons. The Labute approximate surface area is 214 Å². The molecule has 2 amide bonds. The molecule has 0 aliphatic carbocycles. The van der Waals surface area contributed by atoms with Crippen molar-refractivity contribution in [3.8, 4) is 11.5 Å². The minimum Gasteiger partial charge on any atom is -0.408 e. The Balaban J connectivity index is 1.20. The maximum Gasteiger partial charge on any atom is 0.586 e. The summed E-state index contributed by atoms with van der Waals surface area (Å²) in [5, 5.41) is 9.00. The Morgan fingerprint density at radius 1 is 0.974 bits per heavy atom. The highest BCUT2D eigenvalue weighted by Crippen LogP contribution is 2.41. The van der Waals surface area contributed by atoms with Crippen LogP contribution in [-0.2, 0) is 13.1 Å². The van der Waals surface area contributed by atoms with Gasteiger partial charge in [-0.2, -0.15) is 5.10 Å². The Morgan fingerprint density at radius 2 is 1.69 bits per heavy atom. The molecule has 15 heteroatoms. The standard InChI is InChI=1S/C24H15F3N6O6/c25-13-10-30-33-16(22(35)29-9-12-2-4-18-19(6-12)39-24(26,27)38-18)7-15(31-20(13)33)21(34)28-8-11-1-3-17-14(5-11)32-23(36)37-17/h1-7,10H,8-9H2,(H,28,34)(H,29,35)(H,32,36). The van der Waals surface area contributed by atoms with Crippen LogP contribution in [0.1, 0.15) is 32.1 Å². The van der Waals surface area contributed by atoms with Crippen molar-refractivity contribution in [1.29, 1.82) is 0 Å². The number of fused-ring (bicyclic) bond motifs is 3. The average molecular weight is 540 g/mol. The zero-order chi connectivity index (χ0) is 27.3. The van der Waals surface area contributed by atoms with Gasteiger partial charge in [0.05, 0.1) is 11.7 Å². The van der Waals surface area contributed by atoms with E-state index in [9.17, 15) is 27.6 Å². The number of nitrogens with zero attached hydrogens (tertiary/aromatic N) is 3. The maximum absolute atomic E-state index is 14.3. The number of oxazole rings is 1. The quantitative estimate of drug-likeness (QED) is 0.297. The van der Waals surface area contributed by atoms with Crippen molar-refractivity contribution in [2.45, 2.75) is 19.4 Å². The van der Waals surface area contributed by atoms with Gasteiger partial charge in [0.25, 0.3) is 11.8 Å². The van der Waals surface area contributed by atoms with Gasteiger partial charge in [0.1, 0.15) is 11.4 Å². The number of hydrogen-bond acceptors (Lipinski definition) is 8. The Bertz CT molecular complexity index is 1850. The summed E-state index contributed by atoms with van der Waals surface area (Å²) in [6.07, 6.45) is -2.93. The number of hydrogen-bond donors (Lipinski definition) is 3. The number of halogens is 3. The molecule has 0 radical (unpaired) electrons. The summed E-state index contributed by atoms with van der Waals surface area (Å²) in [5.41, 5.74) is 1.04. The summed E-state index contributed by atoms with van der Waals surface area (Å²) in [7, 11) is 0. The summed E-state index contributed by atoms with van der Waals surface area (Å²) in [4.78, 5) is 43.7. The molecule has 0 saturated heterocycles. The summed E-state index contributed by atoms with van der Waals surface area (Å²) < 4.78 is 55.5. The molecule has 6 rings (SSSR count). The minimum absolute atomic E-state index is 0.0290. The molecule has 2 aromatic carbocycles. The first-order chi connectivity index (χ1) is 18.6. The Kier molecular flexibility index (Phi) is 5.48. The number of aromatic nitrogens is 4. The van der Waals surface area contributed by atoms with Crippen molar-refractivity contribution in [3.63, 3.8) is 0 Å². The largest absolute Gasteiger partial charge is 0.586 e. The number of rotatable bonds is 6. The minimum atomic E-state index is -3.78. The number of amides is 2. The lowest BCUT2D eigenvalue weighted by Gasteiger charge is -2.10. The number of benzene rings is 2. The van der Waals surface area contributed by atoms with Gasteiger partial charge in [-0.1, -0.05) is 12.1 Å². The third-order valence-electron chi connectivity index (χ3n) is 5.75. The van der Waals surface area contributed by atoms with Crippen LogP contribution in [0.15, 0.2) is 57.9 Å². The van der Waals surface area contributed by atoms with E-state index in [1.54, 1.807) is 18.2 Å². The predicted octanol–water partition coefficient (Wildman–Crippen LogP) is 2.48. The highest BCUT2D eigenvalue weighted by atomic mass is 19.3. The fourth-order valence-corrected chi connectivity index (χ4v) is 3.97. The lowest BCUT2D eigenvalue weighted by molar-refractivity contribution is -0.286. The van der Waals surface area contributed by atoms with E-state index in [1.807, 2.05) is 0 Å². The van der Waals surface area contributed by atoms with Gasteiger partial charge in [-0.15, -0.1) is 8.78 Å². The van der Waals surface area contributed by atoms with Crippen LogP contribution in [0.4, 0.5) is 13.2 Å². The lowest BCUT2D eigenvalue weighted by Crippen LogP contribution is -2.28. The summed E-state index contributed by atoms with van der Waals surface area (Å²) in [5.74, 6) is -3.25. The third kappa shape index (κ3) is 4.60. The molecule has 1 aliphatic heterocycles. The lowest BCUT2D eigenvalue weighted by atomic mass is 10.2. The monoisotopic (exact) mass is 540 g/mol. The smallest absolute Gasteiger partial charge is 0.408 e. The summed E-state index contributed by atoms with van der Waals surface area (Å²) >= 11 is 0. The number of H-pyrrole nitrogens is 1. The highest BCUT2D eigenvalue weighted by molar-refractivity contribution is 5.98. The molecule has 0 unspecified atom stereocenters. The normalized spacial score (nSPS) is 13.6. The van der Waals surface area contributed by atoms with E-state index in [0.717, 1.165) is 16.8 Å². The van der Waals surface area contributed by atoms with Crippen LogP contribution in [0.5, 0.6) is 11.5 Å². The van der Waals surface area contributed by atoms with E-state index in [1.165, 1.54) is 18.2 Å². The SMILES string of the molecule is O=C(NCc1ccc2oc(=O)[nH]c2c1)c1cc(C(=O)NCc2ccc3c(c2)OC(F)(F)O3)n2ncc(F)c2n1. The first-order valence-corrected chi connectivity index (χ1v) is 11.3. The second kappa shape index (κ2) is 8.90. The number of alkyl halides is 2. The molecule has 0 atom stereocenters. The highest BCUT2D eigenvalue weighted by Gasteiger charge is 2.43. The molecule has 0 spiro atoms. The van der Waals surface area contributed by atoms with E-state index in [2.05, 4.69) is 35.2 Å². The van der Waals surface area contributed by atoms with E-state index in [-0.39, 0.29) is 41.6 Å². The average Bonchev–Trinajstić information content (AvgIpc) is 3.56. The van der Waals surface area contributed by atoms with Crippen LogP contribution in [-0.4, -0.2) is 37.7 Å². The summed E-state index contributed by atoms with van der Waals surface area (Å²) in [6.45, 7) is -0.0873. The molecular formula is C24H15F3N6O6. The van der Waals surface area contributed by atoms with E-state index < -0.39 is 29.7 Å². The molecule has 12 nitrogen and oxygen atoms in total. The third-order valence-corrected chi connectivity index (χ3v) is 5.75. The number of nitrogens with one attached hydrogen (secondary N) is 3.